The van der Waals surface area contributed by atoms with Crippen molar-refractivity contribution in [3.63, 3.8) is 0 Å². The average molecular weight is 350 g/mol. The molecule has 0 N–H and O–H groups in total. The fraction of sp³-hybridized carbons (Fsp3) is 0.250. The Labute approximate surface area is 150 Å². The van der Waals surface area contributed by atoms with Gasteiger partial charge in [0.1, 0.15) is 5.52 Å². The predicted molar refractivity (Wildman–Crippen MR) is 96.7 cm³/mol. The van der Waals surface area contributed by atoms with Crippen molar-refractivity contribution in [3.05, 3.63) is 48.0 Å². The lowest BCUT2D eigenvalue weighted by Crippen LogP contribution is -2.26. The van der Waals surface area contributed by atoms with Crippen LogP contribution in [0.3, 0.4) is 0 Å². The number of benzene rings is 2. The van der Waals surface area contributed by atoms with Gasteiger partial charge in [-0.15, -0.1) is 0 Å². The minimum atomic E-state index is -0.428. The number of rotatable bonds is 3. The first-order valence-electron chi connectivity index (χ1n) is 8.41. The van der Waals surface area contributed by atoms with Gasteiger partial charge in [0.25, 0.3) is 0 Å². The topological polar surface area (TPSA) is 72.6 Å². The Hall–Kier alpha value is -3.15. The SMILES string of the molecule is COC(=O)C1CC(=O)N(c2ccc3oc(-c4ccccc4C)nc3c2)C1. The van der Waals surface area contributed by atoms with Gasteiger partial charge in [-0.05, 0) is 36.8 Å². The van der Waals surface area contributed by atoms with Gasteiger partial charge in [-0.25, -0.2) is 4.98 Å². The van der Waals surface area contributed by atoms with E-state index in [0.717, 1.165) is 11.1 Å². The molecular weight excluding hydrogens is 332 g/mol. The maximum Gasteiger partial charge on any atom is 0.311 e. The largest absolute Gasteiger partial charge is 0.469 e. The summed E-state index contributed by atoms with van der Waals surface area (Å²) in [6.45, 7) is 2.32. The minimum Gasteiger partial charge on any atom is -0.469 e. The summed E-state index contributed by atoms with van der Waals surface area (Å²) in [7, 11) is 1.34. The van der Waals surface area contributed by atoms with Crippen molar-refractivity contribution < 1.29 is 18.7 Å². The third kappa shape index (κ3) is 2.73. The smallest absolute Gasteiger partial charge is 0.311 e. The van der Waals surface area contributed by atoms with Crippen LogP contribution in [0.2, 0.25) is 0 Å². The van der Waals surface area contributed by atoms with Crippen LogP contribution in [-0.2, 0) is 14.3 Å². The number of anilines is 1. The zero-order valence-corrected chi connectivity index (χ0v) is 14.6. The van der Waals surface area contributed by atoms with E-state index in [9.17, 15) is 9.59 Å². The number of methoxy groups -OCH3 is 1. The van der Waals surface area contributed by atoms with Crippen molar-refractivity contribution >= 4 is 28.7 Å². The standard InChI is InChI=1S/C20H18N2O4/c1-12-5-3-4-6-15(12)19-21-16-10-14(7-8-17(16)26-19)22-11-13(9-18(22)23)20(24)25-2/h3-8,10,13H,9,11H2,1-2H3. The number of oxazole rings is 1. The Morgan fingerprint density at radius 3 is 2.85 bits per heavy atom. The molecule has 6 nitrogen and oxygen atoms in total. The molecule has 0 bridgehead atoms. The summed E-state index contributed by atoms with van der Waals surface area (Å²) in [4.78, 5) is 30.2. The minimum absolute atomic E-state index is 0.0950. The number of fused-ring (bicyclic) bond motifs is 1. The quantitative estimate of drug-likeness (QED) is 0.678. The molecule has 0 radical (unpaired) electrons. The van der Waals surface area contributed by atoms with Gasteiger partial charge in [0, 0.05) is 24.2 Å². The lowest BCUT2D eigenvalue weighted by atomic mass is 10.1. The molecule has 1 fully saturated rings. The molecule has 1 amide bonds. The monoisotopic (exact) mass is 350 g/mol. The van der Waals surface area contributed by atoms with Crippen LogP contribution in [0, 0.1) is 12.8 Å². The van der Waals surface area contributed by atoms with Gasteiger partial charge in [-0.3, -0.25) is 9.59 Å². The molecular formula is C20H18N2O4. The van der Waals surface area contributed by atoms with E-state index >= 15 is 0 Å². The van der Waals surface area contributed by atoms with Crippen LogP contribution in [0.15, 0.2) is 46.9 Å². The molecule has 3 aromatic rings. The van der Waals surface area contributed by atoms with Crippen molar-refractivity contribution in [1.82, 2.24) is 4.98 Å². The Bertz CT molecular complexity index is 1010. The molecule has 0 saturated carbocycles. The zero-order chi connectivity index (χ0) is 18.3. The van der Waals surface area contributed by atoms with Crippen LogP contribution < -0.4 is 4.90 Å². The van der Waals surface area contributed by atoms with Gasteiger partial charge < -0.3 is 14.1 Å². The molecule has 1 aliphatic rings. The first kappa shape index (κ1) is 16.3. The summed E-state index contributed by atoms with van der Waals surface area (Å²) in [5, 5.41) is 0. The number of hydrogen-bond acceptors (Lipinski definition) is 5. The molecule has 2 heterocycles. The van der Waals surface area contributed by atoms with E-state index in [4.69, 9.17) is 9.15 Å². The van der Waals surface area contributed by atoms with E-state index in [2.05, 4.69) is 4.98 Å². The van der Waals surface area contributed by atoms with Gasteiger partial charge >= 0.3 is 5.97 Å². The zero-order valence-electron chi connectivity index (χ0n) is 14.6. The molecule has 0 aliphatic carbocycles. The van der Waals surface area contributed by atoms with Crippen molar-refractivity contribution in [2.75, 3.05) is 18.6 Å². The summed E-state index contributed by atoms with van der Waals surface area (Å²) in [6.07, 6.45) is 0.165. The Morgan fingerprint density at radius 2 is 2.08 bits per heavy atom. The van der Waals surface area contributed by atoms with Crippen LogP contribution in [0.4, 0.5) is 5.69 Å². The van der Waals surface area contributed by atoms with E-state index in [-0.39, 0.29) is 18.3 Å². The first-order valence-corrected chi connectivity index (χ1v) is 8.41. The molecule has 26 heavy (non-hydrogen) atoms. The van der Waals surface area contributed by atoms with E-state index < -0.39 is 5.92 Å². The fourth-order valence-corrected chi connectivity index (χ4v) is 3.29. The predicted octanol–water partition coefficient (Wildman–Crippen LogP) is 3.33. The number of aryl methyl sites for hydroxylation is 1. The Morgan fingerprint density at radius 1 is 1.27 bits per heavy atom. The maximum absolute atomic E-state index is 12.3. The van der Waals surface area contributed by atoms with Crippen LogP contribution in [0.25, 0.3) is 22.6 Å². The second-order valence-corrected chi connectivity index (χ2v) is 6.41. The van der Waals surface area contributed by atoms with Gasteiger partial charge in [0.15, 0.2) is 5.58 Å². The summed E-state index contributed by atoms with van der Waals surface area (Å²) >= 11 is 0. The maximum atomic E-state index is 12.3. The lowest BCUT2D eigenvalue weighted by Gasteiger charge is -2.16. The number of nitrogens with zero attached hydrogens (tertiary/aromatic N) is 2. The second-order valence-electron chi connectivity index (χ2n) is 6.41. The third-order valence-electron chi connectivity index (χ3n) is 4.72. The van der Waals surface area contributed by atoms with Crippen LogP contribution >= 0.6 is 0 Å². The van der Waals surface area contributed by atoms with Crippen LogP contribution in [0.5, 0.6) is 0 Å². The van der Waals surface area contributed by atoms with E-state index in [1.165, 1.54) is 7.11 Å². The first-order chi connectivity index (χ1) is 12.6. The summed E-state index contributed by atoms with van der Waals surface area (Å²) < 4.78 is 10.6. The molecule has 1 atom stereocenters. The van der Waals surface area contributed by atoms with Crippen molar-refractivity contribution in [2.24, 2.45) is 5.92 Å². The summed E-state index contributed by atoms with van der Waals surface area (Å²) in [5.41, 5.74) is 4.06. The normalized spacial score (nSPS) is 17.1. The molecule has 4 rings (SSSR count). The average Bonchev–Trinajstić information content (AvgIpc) is 3.24. The third-order valence-corrected chi connectivity index (χ3v) is 4.72. The van der Waals surface area contributed by atoms with Gasteiger partial charge in [-0.2, -0.15) is 0 Å². The molecule has 2 aromatic carbocycles. The van der Waals surface area contributed by atoms with E-state index in [0.29, 0.717) is 29.2 Å². The van der Waals surface area contributed by atoms with E-state index in [1.54, 1.807) is 11.0 Å². The lowest BCUT2D eigenvalue weighted by molar-refractivity contribution is -0.145. The molecule has 1 saturated heterocycles. The van der Waals surface area contributed by atoms with Crippen molar-refractivity contribution in [3.8, 4) is 11.5 Å². The van der Waals surface area contributed by atoms with Crippen molar-refractivity contribution in [1.29, 1.82) is 0 Å². The molecule has 1 aromatic heterocycles. The van der Waals surface area contributed by atoms with E-state index in [1.807, 2.05) is 43.3 Å². The number of carbonyl (C=O) groups excluding carboxylic acids is 2. The highest BCUT2D eigenvalue weighted by atomic mass is 16.5. The highest BCUT2D eigenvalue weighted by Gasteiger charge is 2.36. The van der Waals surface area contributed by atoms with Gasteiger partial charge in [0.05, 0.1) is 13.0 Å². The molecule has 0 spiro atoms. The molecule has 1 unspecified atom stereocenters. The summed E-state index contributed by atoms with van der Waals surface area (Å²) in [5.74, 6) is -0.328. The van der Waals surface area contributed by atoms with Gasteiger partial charge in [0.2, 0.25) is 11.8 Å². The Balaban J connectivity index is 1.67. The highest BCUT2D eigenvalue weighted by Crippen LogP contribution is 2.31. The van der Waals surface area contributed by atoms with Crippen LogP contribution in [0.1, 0.15) is 12.0 Å². The van der Waals surface area contributed by atoms with Crippen molar-refractivity contribution in [2.45, 2.75) is 13.3 Å². The highest BCUT2D eigenvalue weighted by molar-refractivity contribution is 6.00. The molecule has 6 heteroatoms. The number of hydrogen-bond donors (Lipinski definition) is 0. The summed E-state index contributed by atoms with van der Waals surface area (Å²) in [6, 6.07) is 13.3. The number of ether oxygens (including phenoxy) is 1. The molecule has 1 aliphatic heterocycles. The second kappa shape index (κ2) is 6.29. The molecule has 132 valence electrons. The number of carbonyl (C=O) groups is 2. The van der Waals surface area contributed by atoms with Crippen LogP contribution in [-0.4, -0.2) is 30.5 Å². The number of aromatic nitrogens is 1. The number of amides is 1. The fourth-order valence-electron chi connectivity index (χ4n) is 3.29. The Kier molecular flexibility index (Phi) is 3.95. The van der Waals surface area contributed by atoms with Gasteiger partial charge in [-0.1, -0.05) is 18.2 Å². The number of esters is 1.